The van der Waals surface area contributed by atoms with Gasteiger partial charge >= 0.3 is 0 Å². The summed E-state index contributed by atoms with van der Waals surface area (Å²) in [6.45, 7) is 0. The number of rotatable bonds is 3. The van der Waals surface area contributed by atoms with E-state index < -0.39 is 0 Å². The third-order valence-electron chi connectivity index (χ3n) is 2.02. The number of allylic oxidation sites excluding steroid dienone is 1. The second-order valence-electron chi connectivity index (χ2n) is 3.11. The monoisotopic (exact) mass is 184 g/mol. The molecule has 0 N–H and O–H groups in total. The van der Waals surface area contributed by atoms with Gasteiger partial charge in [-0.3, -0.25) is 0 Å². The van der Waals surface area contributed by atoms with Gasteiger partial charge in [0.15, 0.2) is 0 Å². The Bertz CT molecular complexity index is 384. The zero-order valence-electron chi connectivity index (χ0n) is 7.89. The Kier molecular flexibility index (Phi) is 2.82. The van der Waals surface area contributed by atoms with Crippen LogP contribution in [0.25, 0.3) is 6.08 Å². The highest BCUT2D eigenvalue weighted by Gasteiger charge is 1.88. The largest absolute Gasteiger partial charge is 0.465 e. The summed E-state index contributed by atoms with van der Waals surface area (Å²) >= 11 is 0. The lowest BCUT2D eigenvalue weighted by atomic mass is 10.1. The van der Waals surface area contributed by atoms with Crippen LogP contribution in [-0.4, -0.2) is 0 Å². The summed E-state index contributed by atoms with van der Waals surface area (Å²) in [5.74, 6) is 0.904. The summed E-state index contributed by atoms with van der Waals surface area (Å²) in [6.07, 6.45) is 6.73. The van der Waals surface area contributed by atoms with Crippen LogP contribution in [0.15, 0.2) is 59.2 Å². The molecule has 1 nitrogen and oxygen atoms in total. The SMILES string of the molecule is C(=C\c1ccco1)/Cc1ccccc1. The Labute approximate surface area is 83.7 Å². The second kappa shape index (κ2) is 4.47. The number of benzene rings is 1. The smallest absolute Gasteiger partial charge is 0.126 e. The Morgan fingerprint density at radius 1 is 1.00 bits per heavy atom. The summed E-state index contributed by atoms with van der Waals surface area (Å²) in [7, 11) is 0. The van der Waals surface area contributed by atoms with Gasteiger partial charge in [-0.1, -0.05) is 36.4 Å². The molecule has 70 valence electrons. The molecule has 1 aromatic heterocycles. The van der Waals surface area contributed by atoms with Gasteiger partial charge in [-0.25, -0.2) is 0 Å². The van der Waals surface area contributed by atoms with Crippen molar-refractivity contribution < 1.29 is 4.42 Å². The van der Waals surface area contributed by atoms with Crippen LogP contribution in [0, 0.1) is 0 Å². The topological polar surface area (TPSA) is 13.1 Å². The van der Waals surface area contributed by atoms with Crippen LogP contribution in [0.4, 0.5) is 0 Å². The molecule has 14 heavy (non-hydrogen) atoms. The van der Waals surface area contributed by atoms with E-state index in [1.54, 1.807) is 6.26 Å². The van der Waals surface area contributed by atoms with Crippen LogP contribution in [-0.2, 0) is 6.42 Å². The maximum atomic E-state index is 5.18. The van der Waals surface area contributed by atoms with Gasteiger partial charge in [-0.2, -0.15) is 0 Å². The van der Waals surface area contributed by atoms with E-state index in [-0.39, 0.29) is 0 Å². The van der Waals surface area contributed by atoms with E-state index >= 15 is 0 Å². The Hall–Kier alpha value is -1.76. The molecule has 0 spiro atoms. The molecule has 1 heteroatoms. The maximum absolute atomic E-state index is 5.18. The lowest BCUT2D eigenvalue weighted by Crippen LogP contribution is -1.77. The zero-order valence-corrected chi connectivity index (χ0v) is 7.89. The van der Waals surface area contributed by atoms with Gasteiger partial charge in [-0.15, -0.1) is 0 Å². The van der Waals surface area contributed by atoms with E-state index in [0.29, 0.717) is 0 Å². The quantitative estimate of drug-likeness (QED) is 0.711. The molecule has 0 amide bonds. The first-order valence-electron chi connectivity index (χ1n) is 4.69. The molecule has 0 saturated heterocycles. The third-order valence-corrected chi connectivity index (χ3v) is 2.02. The summed E-state index contributed by atoms with van der Waals surface area (Å²) in [5.41, 5.74) is 1.32. The van der Waals surface area contributed by atoms with Gasteiger partial charge in [0.05, 0.1) is 6.26 Å². The Morgan fingerprint density at radius 2 is 1.86 bits per heavy atom. The van der Waals surface area contributed by atoms with Crippen molar-refractivity contribution in [2.45, 2.75) is 6.42 Å². The van der Waals surface area contributed by atoms with Gasteiger partial charge in [0.25, 0.3) is 0 Å². The van der Waals surface area contributed by atoms with Crippen molar-refractivity contribution in [1.82, 2.24) is 0 Å². The molecule has 0 saturated carbocycles. The van der Waals surface area contributed by atoms with Gasteiger partial charge in [-0.05, 0) is 30.2 Å². The lowest BCUT2D eigenvalue weighted by molar-refractivity contribution is 0.557. The minimum Gasteiger partial charge on any atom is -0.465 e. The fourth-order valence-electron chi connectivity index (χ4n) is 1.31. The molecular formula is C13H12O. The van der Waals surface area contributed by atoms with Gasteiger partial charge in [0.2, 0.25) is 0 Å². The summed E-state index contributed by atoms with van der Waals surface area (Å²) in [6, 6.07) is 14.2. The average Bonchev–Trinajstić information content (AvgIpc) is 2.72. The molecule has 0 unspecified atom stereocenters. The van der Waals surface area contributed by atoms with E-state index in [4.69, 9.17) is 4.42 Å². The van der Waals surface area contributed by atoms with E-state index in [2.05, 4.69) is 30.3 Å². The molecule has 1 aromatic carbocycles. The molecule has 1 heterocycles. The van der Waals surface area contributed by atoms with Gasteiger partial charge in [0, 0.05) is 0 Å². The van der Waals surface area contributed by atoms with E-state index in [9.17, 15) is 0 Å². The predicted octanol–water partition coefficient (Wildman–Crippen LogP) is 3.54. The molecule has 0 aliphatic carbocycles. The Morgan fingerprint density at radius 3 is 2.57 bits per heavy atom. The van der Waals surface area contributed by atoms with Crippen LogP contribution < -0.4 is 0 Å². The summed E-state index contributed by atoms with van der Waals surface area (Å²) in [5, 5.41) is 0. The van der Waals surface area contributed by atoms with E-state index in [0.717, 1.165) is 12.2 Å². The van der Waals surface area contributed by atoms with Crippen molar-refractivity contribution in [3.8, 4) is 0 Å². The molecule has 0 aliphatic rings. The highest BCUT2D eigenvalue weighted by molar-refractivity contribution is 5.42. The van der Waals surface area contributed by atoms with E-state index in [1.165, 1.54) is 5.56 Å². The molecular weight excluding hydrogens is 172 g/mol. The average molecular weight is 184 g/mol. The summed E-state index contributed by atoms with van der Waals surface area (Å²) < 4.78 is 5.18. The lowest BCUT2D eigenvalue weighted by Gasteiger charge is -1.93. The van der Waals surface area contributed by atoms with Crippen LogP contribution >= 0.6 is 0 Å². The molecule has 0 atom stereocenters. The minimum absolute atomic E-state index is 0.904. The van der Waals surface area contributed by atoms with Gasteiger partial charge in [0.1, 0.15) is 5.76 Å². The van der Waals surface area contributed by atoms with Crippen LogP contribution in [0.2, 0.25) is 0 Å². The normalized spacial score (nSPS) is 10.9. The van der Waals surface area contributed by atoms with Crippen molar-refractivity contribution >= 4 is 6.08 Å². The predicted molar refractivity (Wildman–Crippen MR) is 57.9 cm³/mol. The third kappa shape index (κ3) is 2.36. The Balaban J connectivity index is 1.95. The maximum Gasteiger partial charge on any atom is 0.126 e. The van der Waals surface area contributed by atoms with Crippen LogP contribution in [0.3, 0.4) is 0 Å². The number of hydrogen-bond acceptors (Lipinski definition) is 1. The number of hydrogen-bond donors (Lipinski definition) is 0. The van der Waals surface area contributed by atoms with Crippen molar-refractivity contribution in [3.63, 3.8) is 0 Å². The fourth-order valence-corrected chi connectivity index (χ4v) is 1.31. The van der Waals surface area contributed by atoms with E-state index in [1.807, 2.05) is 24.3 Å². The molecule has 0 aliphatic heterocycles. The standard InChI is InChI=1S/C13H12O/c1-2-6-12(7-3-1)8-4-9-13-10-5-11-14-13/h1-7,9-11H,8H2/b9-4+. The minimum atomic E-state index is 0.904. The number of furan rings is 1. The van der Waals surface area contributed by atoms with Crippen LogP contribution in [0.5, 0.6) is 0 Å². The molecule has 0 bridgehead atoms. The van der Waals surface area contributed by atoms with Crippen molar-refractivity contribution in [3.05, 3.63) is 66.1 Å². The highest BCUT2D eigenvalue weighted by Crippen LogP contribution is 2.05. The molecule has 2 aromatic rings. The molecule has 0 fully saturated rings. The first kappa shape index (κ1) is 8.82. The first-order chi connectivity index (χ1) is 6.95. The zero-order chi connectivity index (χ0) is 9.64. The molecule has 2 rings (SSSR count). The van der Waals surface area contributed by atoms with Crippen molar-refractivity contribution in [2.24, 2.45) is 0 Å². The second-order valence-corrected chi connectivity index (χ2v) is 3.11. The first-order valence-corrected chi connectivity index (χ1v) is 4.69. The van der Waals surface area contributed by atoms with Gasteiger partial charge < -0.3 is 4.42 Å². The highest BCUT2D eigenvalue weighted by atomic mass is 16.3. The van der Waals surface area contributed by atoms with Crippen molar-refractivity contribution in [2.75, 3.05) is 0 Å². The van der Waals surface area contributed by atoms with Crippen molar-refractivity contribution in [1.29, 1.82) is 0 Å². The molecule has 0 radical (unpaired) electrons. The van der Waals surface area contributed by atoms with Crippen LogP contribution in [0.1, 0.15) is 11.3 Å². The fraction of sp³-hybridized carbons (Fsp3) is 0.0769. The summed E-state index contributed by atoms with van der Waals surface area (Å²) in [4.78, 5) is 0.